The summed E-state index contributed by atoms with van der Waals surface area (Å²) < 4.78 is 5.32. The Hall–Kier alpha value is -2.33. The van der Waals surface area contributed by atoms with Crippen molar-refractivity contribution >= 4 is 23.7 Å². The average Bonchev–Trinajstić information content (AvgIpc) is 2.48. The van der Waals surface area contributed by atoms with Crippen molar-refractivity contribution in [1.82, 2.24) is 5.43 Å². The third-order valence-corrected chi connectivity index (χ3v) is 2.89. The molecule has 0 saturated heterocycles. The second-order valence-electron chi connectivity index (χ2n) is 4.21. The zero-order valence-corrected chi connectivity index (χ0v) is 12.3. The van der Waals surface area contributed by atoms with Crippen LogP contribution in [0.2, 0.25) is 5.02 Å². The largest absolute Gasteiger partial charge is 0.494 e. The van der Waals surface area contributed by atoms with E-state index in [9.17, 15) is 4.79 Å². The predicted molar refractivity (Wildman–Crippen MR) is 84.1 cm³/mol. The predicted octanol–water partition coefficient (Wildman–Crippen LogP) is 3.50. The van der Waals surface area contributed by atoms with Gasteiger partial charge in [-0.15, -0.1) is 0 Å². The highest BCUT2D eigenvalue weighted by molar-refractivity contribution is 6.30. The van der Waals surface area contributed by atoms with Gasteiger partial charge in [0, 0.05) is 10.6 Å². The second-order valence-corrected chi connectivity index (χ2v) is 4.65. The number of halogens is 1. The van der Waals surface area contributed by atoms with Crippen LogP contribution in [0, 0.1) is 0 Å². The number of amides is 1. The van der Waals surface area contributed by atoms with Gasteiger partial charge < -0.3 is 4.74 Å². The molecular formula is C16H15ClN2O2. The number of hydrazone groups is 1. The Morgan fingerprint density at radius 3 is 2.71 bits per heavy atom. The molecule has 2 rings (SSSR count). The molecular weight excluding hydrogens is 288 g/mol. The van der Waals surface area contributed by atoms with E-state index in [4.69, 9.17) is 16.3 Å². The van der Waals surface area contributed by atoms with E-state index in [0.29, 0.717) is 17.2 Å². The first kappa shape index (κ1) is 15.1. The minimum absolute atomic E-state index is 0.281. The molecule has 0 radical (unpaired) electrons. The first-order chi connectivity index (χ1) is 10.2. The molecule has 0 saturated carbocycles. The van der Waals surface area contributed by atoms with Crippen molar-refractivity contribution in [2.75, 3.05) is 6.61 Å². The van der Waals surface area contributed by atoms with Gasteiger partial charge >= 0.3 is 0 Å². The molecule has 0 fully saturated rings. The normalized spacial score (nSPS) is 10.6. The topological polar surface area (TPSA) is 50.7 Å². The second kappa shape index (κ2) is 7.45. The molecule has 1 amide bonds. The van der Waals surface area contributed by atoms with Crippen LogP contribution in [0.1, 0.15) is 22.8 Å². The molecule has 21 heavy (non-hydrogen) atoms. The number of benzene rings is 2. The average molecular weight is 303 g/mol. The first-order valence-electron chi connectivity index (χ1n) is 6.51. The van der Waals surface area contributed by atoms with Gasteiger partial charge in [-0.3, -0.25) is 4.79 Å². The van der Waals surface area contributed by atoms with E-state index >= 15 is 0 Å². The van der Waals surface area contributed by atoms with Gasteiger partial charge in [0.15, 0.2) is 0 Å². The highest BCUT2D eigenvalue weighted by Gasteiger charge is 2.03. The van der Waals surface area contributed by atoms with E-state index in [1.54, 1.807) is 42.6 Å². The Morgan fingerprint density at radius 1 is 1.29 bits per heavy atom. The highest BCUT2D eigenvalue weighted by atomic mass is 35.5. The Morgan fingerprint density at radius 2 is 2.05 bits per heavy atom. The first-order valence-corrected chi connectivity index (χ1v) is 6.88. The quantitative estimate of drug-likeness (QED) is 0.679. The lowest BCUT2D eigenvalue weighted by atomic mass is 10.2. The summed E-state index contributed by atoms with van der Waals surface area (Å²) in [5, 5.41) is 4.53. The van der Waals surface area contributed by atoms with Crippen molar-refractivity contribution in [2.45, 2.75) is 6.92 Å². The van der Waals surface area contributed by atoms with Crippen LogP contribution < -0.4 is 10.2 Å². The lowest BCUT2D eigenvalue weighted by Gasteiger charge is -2.04. The standard InChI is InChI=1S/C16H15ClN2O2/c1-2-21-15-8-6-13(7-9-15)16(20)19-18-11-12-4-3-5-14(17)10-12/h3-11H,2H2,1H3,(H,19,20). The molecule has 1 N–H and O–H groups in total. The van der Waals surface area contributed by atoms with Crippen LogP contribution in [0.15, 0.2) is 53.6 Å². The molecule has 0 bridgehead atoms. The minimum Gasteiger partial charge on any atom is -0.494 e. The van der Waals surface area contributed by atoms with Gasteiger partial charge in [0.25, 0.3) is 5.91 Å². The van der Waals surface area contributed by atoms with Crippen LogP contribution in [0.3, 0.4) is 0 Å². The fourth-order valence-corrected chi connectivity index (χ4v) is 1.88. The van der Waals surface area contributed by atoms with E-state index < -0.39 is 0 Å². The molecule has 0 atom stereocenters. The highest BCUT2D eigenvalue weighted by Crippen LogP contribution is 2.12. The van der Waals surface area contributed by atoms with Gasteiger partial charge in [0.05, 0.1) is 12.8 Å². The Labute approximate surface area is 128 Å². The molecule has 0 aliphatic carbocycles. The van der Waals surface area contributed by atoms with Crippen LogP contribution >= 0.6 is 11.6 Å². The molecule has 108 valence electrons. The molecule has 2 aromatic carbocycles. The number of hydrogen-bond donors (Lipinski definition) is 1. The smallest absolute Gasteiger partial charge is 0.271 e. The van der Waals surface area contributed by atoms with Gasteiger partial charge in [0.2, 0.25) is 0 Å². The lowest BCUT2D eigenvalue weighted by molar-refractivity contribution is 0.0955. The van der Waals surface area contributed by atoms with Gasteiger partial charge in [-0.1, -0.05) is 23.7 Å². The molecule has 0 unspecified atom stereocenters. The number of carbonyl (C=O) groups is 1. The van der Waals surface area contributed by atoms with Gasteiger partial charge in [0.1, 0.15) is 5.75 Å². The Kier molecular flexibility index (Phi) is 5.35. The van der Waals surface area contributed by atoms with E-state index in [2.05, 4.69) is 10.5 Å². The molecule has 0 aliphatic heterocycles. The van der Waals surface area contributed by atoms with Crippen molar-refractivity contribution in [1.29, 1.82) is 0 Å². The van der Waals surface area contributed by atoms with Crippen molar-refractivity contribution in [3.05, 3.63) is 64.7 Å². The number of rotatable bonds is 5. The van der Waals surface area contributed by atoms with E-state index in [1.165, 1.54) is 0 Å². The van der Waals surface area contributed by atoms with E-state index in [1.807, 2.05) is 19.1 Å². The summed E-state index contributed by atoms with van der Waals surface area (Å²) in [6, 6.07) is 14.1. The van der Waals surface area contributed by atoms with Crippen LogP contribution in [-0.2, 0) is 0 Å². The van der Waals surface area contributed by atoms with Crippen molar-refractivity contribution in [2.24, 2.45) is 5.10 Å². The number of hydrogen-bond acceptors (Lipinski definition) is 3. The van der Waals surface area contributed by atoms with Gasteiger partial charge in [-0.2, -0.15) is 5.10 Å². The third-order valence-electron chi connectivity index (χ3n) is 2.66. The fourth-order valence-electron chi connectivity index (χ4n) is 1.69. The van der Waals surface area contributed by atoms with E-state index in [-0.39, 0.29) is 5.91 Å². The maximum atomic E-state index is 11.9. The molecule has 4 nitrogen and oxygen atoms in total. The third kappa shape index (κ3) is 4.61. The van der Waals surface area contributed by atoms with E-state index in [0.717, 1.165) is 11.3 Å². The number of nitrogens with zero attached hydrogens (tertiary/aromatic N) is 1. The maximum absolute atomic E-state index is 11.9. The molecule has 0 heterocycles. The van der Waals surface area contributed by atoms with Gasteiger partial charge in [-0.05, 0) is 48.9 Å². The summed E-state index contributed by atoms with van der Waals surface area (Å²) >= 11 is 5.86. The van der Waals surface area contributed by atoms with Crippen LogP contribution in [0.25, 0.3) is 0 Å². The van der Waals surface area contributed by atoms with Crippen LogP contribution in [-0.4, -0.2) is 18.7 Å². The van der Waals surface area contributed by atoms with Crippen LogP contribution in [0.5, 0.6) is 5.75 Å². The zero-order chi connectivity index (χ0) is 15.1. The monoisotopic (exact) mass is 302 g/mol. The summed E-state index contributed by atoms with van der Waals surface area (Å²) in [7, 11) is 0. The van der Waals surface area contributed by atoms with Gasteiger partial charge in [-0.25, -0.2) is 5.43 Å². The Bertz CT molecular complexity index is 639. The SMILES string of the molecule is CCOc1ccc(C(=O)NN=Cc2cccc(Cl)c2)cc1. The molecule has 2 aromatic rings. The van der Waals surface area contributed by atoms with Crippen molar-refractivity contribution in [3.8, 4) is 5.75 Å². The zero-order valence-electron chi connectivity index (χ0n) is 11.5. The molecule has 0 aliphatic rings. The van der Waals surface area contributed by atoms with Crippen LogP contribution in [0.4, 0.5) is 0 Å². The Balaban J connectivity index is 1.95. The molecule has 0 aromatic heterocycles. The summed E-state index contributed by atoms with van der Waals surface area (Å²) in [6.45, 7) is 2.50. The lowest BCUT2D eigenvalue weighted by Crippen LogP contribution is -2.17. The van der Waals surface area contributed by atoms with Crippen molar-refractivity contribution in [3.63, 3.8) is 0 Å². The maximum Gasteiger partial charge on any atom is 0.271 e. The number of ether oxygens (including phenoxy) is 1. The number of carbonyl (C=O) groups excluding carboxylic acids is 1. The summed E-state index contributed by atoms with van der Waals surface area (Å²) in [5.74, 6) is 0.452. The number of nitrogens with one attached hydrogen (secondary N) is 1. The summed E-state index contributed by atoms with van der Waals surface area (Å²) in [6.07, 6.45) is 1.54. The molecule has 5 heteroatoms. The summed E-state index contributed by atoms with van der Waals surface area (Å²) in [4.78, 5) is 11.9. The minimum atomic E-state index is -0.281. The van der Waals surface area contributed by atoms with Crippen molar-refractivity contribution < 1.29 is 9.53 Å². The molecule has 0 spiro atoms. The summed E-state index contributed by atoms with van der Waals surface area (Å²) in [5.41, 5.74) is 3.79. The fraction of sp³-hybridized carbons (Fsp3) is 0.125.